The zero-order chi connectivity index (χ0) is 21.8. The molecule has 4 aromatic rings. The lowest BCUT2D eigenvalue weighted by Crippen LogP contribution is -2.32. The summed E-state index contributed by atoms with van der Waals surface area (Å²) in [4.78, 5) is 19.7. The molecule has 0 aliphatic rings. The van der Waals surface area contributed by atoms with E-state index in [1.807, 2.05) is 42.5 Å². The second-order valence-corrected chi connectivity index (χ2v) is 8.26. The monoisotopic (exact) mass is 430 g/mol. The molecule has 0 spiro atoms. The maximum Gasteiger partial charge on any atom is 0.320 e. The summed E-state index contributed by atoms with van der Waals surface area (Å²) in [6.07, 6.45) is 0.272. The fourth-order valence-corrected chi connectivity index (χ4v) is 4.15. The van der Waals surface area contributed by atoms with Gasteiger partial charge in [-0.3, -0.25) is 4.79 Å². The third-order valence-electron chi connectivity index (χ3n) is 4.94. The number of rotatable bonds is 7. The highest BCUT2D eigenvalue weighted by molar-refractivity contribution is 7.98. The van der Waals surface area contributed by atoms with Gasteiger partial charge < -0.3 is 16.6 Å². The highest BCUT2D eigenvalue weighted by atomic mass is 32.2. The SMILES string of the molecule is Nc1nc(SCc2ccc3ccccc3c2)cc(-c2ccc(C[C@H](N)C(=O)O)cc2)n1. The van der Waals surface area contributed by atoms with Crippen molar-refractivity contribution >= 4 is 34.5 Å². The molecule has 0 aliphatic carbocycles. The Balaban J connectivity index is 1.49. The van der Waals surface area contributed by atoms with Crippen LogP contribution in [0, 0.1) is 0 Å². The summed E-state index contributed by atoms with van der Waals surface area (Å²) < 4.78 is 0. The molecule has 7 heteroatoms. The zero-order valence-electron chi connectivity index (χ0n) is 16.7. The summed E-state index contributed by atoms with van der Waals surface area (Å²) >= 11 is 1.61. The number of anilines is 1. The predicted octanol–water partition coefficient (Wildman–Crippen LogP) is 4.13. The molecule has 0 saturated carbocycles. The smallest absolute Gasteiger partial charge is 0.320 e. The quantitative estimate of drug-likeness (QED) is 0.298. The Morgan fingerprint density at radius 1 is 0.935 bits per heavy atom. The summed E-state index contributed by atoms with van der Waals surface area (Å²) in [6, 6.07) is 23.2. The van der Waals surface area contributed by atoms with Crippen LogP contribution < -0.4 is 11.5 Å². The van der Waals surface area contributed by atoms with E-state index in [4.69, 9.17) is 16.6 Å². The Hall–Kier alpha value is -3.42. The van der Waals surface area contributed by atoms with Crippen LogP contribution in [0.15, 0.2) is 77.8 Å². The molecular formula is C24H22N4O2S. The third-order valence-corrected chi connectivity index (χ3v) is 5.93. The van der Waals surface area contributed by atoms with Crippen LogP contribution in [0.3, 0.4) is 0 Å². The first-order valence-electron chi connectivity index (χ1n) is 9.81. The number of aliphatic carboxylic acids is 1. The van der Waals surface area contributed by atoms with Crippen LogP contribution in [-0.2, 0) is 17.0 Å². The maximum absolute atomic E-state index is 10.9. The molecule has 1 atom stereocenters. The Labute approximate surface area is 184 Å². The normalized spacial score (nSPS) is 12.0. The van der Waals surface area contributed by atoms with Crippen LogP contribution in [0.1, 0.15) is 11.1 Å². The van der Waals surface area contributed by atoms with Gasteiger partial charge in [0, 0.05) is 11.3 Å². The minimum Gasteiger partial charge on any atom is -0.480 e. The molecule has 156 valence electrons. The number of nitrogens with zero attached hydrogens (tertiary/aromatic N) is 2. The lowest BCUT2D eigenvalue weighted by Gasteiger charge is -2.09. The topological polar surface area (TPSA) is 115 Å². The highest BCUT2D eigenvalue weighted by Gasteiger charge is 2.12. The average molecular weight is 431 g/mol. The van der Waals surface area contributed by atoms with Gasteiger partial charge in [-0.1, -0.05) is 66.7 Å². The lowest BCUT2D eigenvalue weighted by molar-refractivity contribution is -0.138. The van der Waals surface area contributed by atoms with Crippen LogP contribution in [0.2, 0.25) is 0 Å². The Bertz CT molecular complexity index is 1230. The second-order valence-electron chi connectivity index (χ2n) is 7.27. The van der Waals surface area contributed by atoms with Crippen molar-refractivity contribution in [1.29, 1.82) is 0 Å². The molecule has 31 heavy (non-hydrogen) atoms. The second kappa shape index (κ2) is 9.16. The Morgan fingerprint density at radius 2 is 1.65 bits per heavy atom. The molecule has 6 nitrogen and oxygen atoms in total. The van der Waals surface area contributed by atoms with Gasteiger partial charge in [-0.25, -0.2) is 9.97 Å². The zero-order valence-corrected chi connectivity index (χ0v) is 17.5. The molecule has 0 fully saturated rings. The number of carbonyl (C=O) groups is 1. The van der Waals surface area contributed by atoms with E-state index >= 15 is 0 Å². The lowest BCUT2D eigenvalue weighted by atomic mass is 10.0. The maximum atomic E-state index is 10.9. The van der Waals surface area contributed by atoms with E-state index in [1.54, 1.807) is 11.8 Å². The van der Waals surface area contributed by atoms with Crippen molar-refractivity contribution in [2.75, 3.05) is 5.73 Å². The number of carboxylic acids is 1. The molecule has 1 aromatic heterocycles. The minimum atomic E-state index is -1.01. The van der Waals surface area contributed by atoms with Crippen LogP contribution >= 0.6 is 11.8 Å². The molecule has 0 bridgehead atoms. The predicted molar refractivity (Wildman–Crippen MR) is 125 cm³/mol. The molecule has 5 N–H and O–H groups in total. The molecular weight excluding hydrogens is 408 g/mol. The van der Waals surface area contributed by atoms with E-state index in [0.29, 0.717) is 0 Å². The molecule has 1 heterocycles. The fourth-order valence-electron chi connectivity index (χ4n) is 3.30. The Morgan fingerprint density at radius 3 is 2.39 bits per heavy atom. The molecule has 0 saturated heterocycles. The first-order valence-corrected chi connectivity index (χ1v) is 10.8. The van der Waals surface area contributed by atoms with Crippen LogP contribution in [-0.4, -0.2) is 27.1 Å². The molecule has 0 unspecified atom stereocenters. The summed E-state index contributed by atoms with van der Waals surface area (Å²) in [5.74, 6) is -0.0246. The van der Waals surface area contributed by atoms with E-state index in [9.17, 15) is 4.79 Å². The standard InChI is InChI=1S/C24H22N4O2S/c25-20(23(29)30)12-15-5-9-18(10-6-15)21-13-22(28-24(26)27-21)31-14-16-7-8-17-3-1-2-4-19(17)11-16/h1-11,13,20H,12,14,25H2,(H,29,30)(H2,26,27,28)/t20-/m0/s1. The number of aromatic nitrogens is 2. The summed E-state index contributed by atoms with van der Waals surface area (Å²) in [5, 5.41) is 12.2. The van der Waals surface area contributed by atoms with Gasteiger partial charge in [0.25, 0.3) is 0 Å². The third kappa shape index (κ3) is 5.20. The number of benzene rings is 3. The van der Waals surface area contributed by atoms with E-state index in [2.05, 4.69) is 40.3 Å². The minimum absolute atomic E-state index is 0.218. The number of hydrogen-bond donors (Lipinski definition) is 3. The number of hydrogen-bond acceptors (Lipinski definition) is 6. The molecule has 0 aliphatic heterocycles. The van der Waals surface area contributed by atoms with Crippen molar-refractivity contribution in [2.45, 2.75) is 23.2 Å². The van der Waals surface area contributed by atoms with Gasteiger partial charge in [0.15, 0.2) is 0 Å². The first-order chi connectivity index (χ1) is 15.0. The molecule has 3 aromatic carbocycles. The van der Waals surface area contributed by atoms with Crippen LogP contribution in [0.25, 0.3) is 22.0 Å². The highest BCUT2D eigenvalue weighted by Crippen LogP contribution is 2.27. The van der Waals surface area contributed by atoms with Crippen molar-refractivity contribution in [1.82, 2.24) is 9.97 Å². The van der Waals surface area contributed by atoms with Gasteiger partial charge in [-0.15, -0.1) is 11.8 Å². The van der Waals surface area contributed by atoms with Crippen molar-refractivity contribution in [2.24, 2.45) is 5.73 Å². The summed E-state index contributed by atoms with van der Waals surface area (Å²) in [5.41, 5.74) is 15.2. The number of carboxylic acid groups (broad SMARTS) is 1. The average Bonchev–Trinajstić information content (AvgIpc) is 2.77. The van der Waals surface area contributed by atoms with Gasteiger partial charge in [0.1, 0.15) is 11.1 Å². The van der Waals surface area contributed by atoms with E-state index in [1.165, 1.54) is 16.3 Å². The van der Waals surface area contributed by atoms with Gasteiger partial charge >= 0.3 is 5.97 Å². The number of fused-ring (bicyclic) bond motifs is 1. The molecule has 0 radical (unpaired) electrons. The largest absolute Gasteiger partial charge is 0.480 e. The number of nitrogen functional groups attached to an aromatic ring is 1. The number of thioether (sulfide) groups is 1. The van der Waals surface area contributed by atoms with Gasteiger partial charge in [0.2, 0.25) is 5.95 Å². The van der Waals surface area contributed by atoms with E-state index < -0.39 is 12.0 Å². The van der Waals surface area contributed by atoms with Gasteiger partial charge in [0.05, 0.1) is 5.69 Å². The summed E-state index contributed by atoms with van der Waals surface area (Å²) in [7, 11) is 0. The van der Waals surface area contributed by atoms with Crippen molar-refractivity contribution < 1.29 is 9.90 Å². The molecule has 0 amide bonds. The van der Waals surface area contributed by atoms with Crippen molar-refractivity contribution in [3.63, 3.8) is 0 Å². The van der Waals surface area contributed by atoms with Crippen LogP contribution in [0.4, 0.5) is 5.95 Å². The van der Waals surface area contributed by atoms with Crippen molar-refractivity contribution in [3.8, 4) is 11.3 Å². The van der Waals surface area contributed by atoms with Gasteiger partial charge in [-0.2, -0.15) is 0 Å². The summed E-state index contributed by atoms with van der Waals surface area (Å²) in [6.45, 7) is 0. The van der Waals surface area contributed by atoms with Crippen LogP contribution in [0.5, 0.6) is 0 Å². The fraction of sp³-hybridized carbons (Fsp3) is 0.125. The number of nitrogens with two attached hydrogens (primary N) is 2. The van der Waals surface area contributed by atoms with Crippen molar-refractivity contribution in [3.05, 3.63) is 83.9 Å². The Kier molecular flexibility index (Phi) is 6.16. The van der Waals surface area contributed by atoms with Gasteiger partial charge in [-0.05, 0) is 34.4 Å². The first kappa shape index (κ1) is 20.8. The van der Waals surface area contributed by atoms with E-state index in [0.717, 1.165) is 27.6 Å². The van der Waals surface area contributed by atoms with E-state index in [-0.39, 0.29) is 12.4 Å². The molecule has 4 rings (SSSR count).